The first-order valence-corrected chi connectivity index (χ1v) is 5.16. The molecule has 1 aromatic rings. The molecule has 0 radical (unpaired) electrons. The van der Waals surface area contributed by atoms with Crippen molar-refractivity contribution in [3.8, 4) is 0 Å². The zero-order valence-corrected chi connectivity index (χ0v) is 9.52. The molecule has 0 saturated carbocycles. The van der Waals surface area contributed by atoms with Gasteiger partial charge in [-0.1, -0.05) is 12.1 Å². The van der Waals surface area contributed by atoms with Crippen LogP contribution in [0.25, 0.3) is 0 Å². The van der Waals surface area contributed by atoms with Crippen LogP contribution in [-0.2, 0) is 9.53 Å². The average molecular weight is 249 g/mol. The summed E-state index contributed by atoms with van der Waals surface area (Å²) in [5.41, 5.74) is 1.06. The number of urea groups is 1. The van der Waals surface area contributed by atoms with E-state index in [1.54, 1.807) is 24.3 Å². The highest BCUT2D eigenvalue weighted by atomic mass is 16.5. The number of benzene rings is 1. The van der Waals surface area contributed by atoms with Crippen LogP contribution in [0.3, 0.4) is 0 Å². The average Bonchev–Trinajstić information content (AvgIpc) is 2.68. The summed E-state index contributed by atoms with van der Waals surface area (Å²) in [6, 6.07) is 5.31. The molecule has 0 bridgehead atoms. The van der Waals surface area contributed by atoms with Crippen LogP contribution in [0.2, 0.25) is 0 Å². The van der Waals surface area contributed by atoms with Gasteiger partial charge in [0.05, 0.1) is 7.11 Å². The number of hydrogen-bond donors (Lipinski definition) is 3. The Bertz CT molecular complexity index is 515. The molecule has 1 aliphatic rings. The van der Waals surface area contributed by atoms with Crippen molar-refractivity contribution in [3.63, 3.8) is 0 Å². The van der Waals surface area contributed by atoms with Crippen molar-refractivity contribution < 1.29 is 19.1 Å². The Morgan fingerprint density at radius 3 is 2.78 bits per heavy atom. The predicted octanol–water partition coefficient (Wildman–Crippen LogP) is 0.745. The Balaban J connectivity index is 2.19. The summed E-state index contributed by atoms with van der Waals surface area (Å²) in [7, 11) is 1.25. The number of anilines is 1. The van der Waals surface area contributed by atoms with Crippen LogP contribution in [0, 0.1) is 0 Å². The Morgan fingerprint density at radius 2 is 2.17 bits per heavy atom. The summed E-state index contributed by atoms with van der Waals surface area (Å²) in [6.45, 7) is 0. The molecule has 0 aliphatic carbocycles. The summed E-state index contributed by atoms with van der Waals surface area (Å²) in [6.07, 6.45) is -0.605. The summed E-state index contributed by atoms with van der Waals surface area (Å²) < 4.78 is 4.46. The fourth-order valence-electron chi connectivity index (χ4n) is 1.62. The zero-order chi connectivity index (χ0) is 13.1. The van der Waals surface area contributed by atoms with Crippen molar-refractivity contribution in [1.82, 2.24) is 10.6 Å². The van der Waals surface area contributed by atoms with Crippen molar-refractivity contribution in [2.45, 2.75) is 6.04 Å². The van der Waals surface area contributed by atoms with E-state index in [2.05, 4.69) is 20.7 Å². The molecule has 2 rings (SSSR count). The van der Waals surface area contributed by atoms with Gasteiger partial charge in [0.1, 0.15) is 6.04 Å². The second-order valence-electron chi connectivity index (χ2n) is 3.64. The molecule has 1 saturated heterocycles. The largest absolute Gasteiger partial charge is 0.453 e. The zero-order valence-electron chi connectivity index (χ0n) is 9.52. The van der Waals surface area contributed by atoms with Crippen LogP contribution < -0.4 is 16.0 Å². The first kappa shape index (κ1) is 11.9. The molecule has 3 N–H and O–H groups in total. The Kier molecular flexibility index (Phi) is 3.13. The van der Waals surface area contributed by atoms with Crippen LogP contribution in [0.5, 0.6) is 0 Å². The van der Waals surface area contributed by atoms with Crippen LogP contribution in [0.1, 0.15) is 11.6 Å². The van der Waals surface area contributed by atoms with Crippen molar-refractivity contribution in [1.29, 1.82) is 0 Å². The van der Waals surface area contributed by atoms with Gasteiger partial charge in [0, 0.05) is 5.69 Å². The Labute approximate surface area is 102 Å². The highest BCUT2D eigenvalue weighted by Gasteiger charge is 2.30. The van der Waals surface area contributed by atoms with Gasteiger partial charge in [-0.25, -0.2) is 9.59 Å². The van der Waals surface area contributed by atoms with Crippen molar-refractivity contribution >= 4 is 23.7 Å². The van der Waals surface area contributed by atoms with E-state index in [1.165, 1.54) is 7.11 Å². The van der Waals surface area contributed by atoms with Gasteiger partial charge in [0.25, 0.3) is 5.91 Å². The molecule has 1 unspecified atom stereocenters. The minimum absolute atomic E-state index is 0.421. The number of imide groups is 1. The van der Waals surface area contributed by atoms with Crippen molar-refractivity contribution in [2.75, 3.05) is 12.4 Å². The normalized spacial score (nSPS) is 17.9. The highest BCUT2D eigenvalue weighted by Crippen LogP contribution is 2.20. The molecular weight excluding hydrogens is 238 g/mol. The van der Waals surface area contributed by atoms with Crippen molar-refractivity contribution in [2.24, 2.45) is 0 Å². The third-order valence-electron chi connectivity index (χ3n) is 2.43. The van der Waals surface area contributed by atoms with Crippen LogP contribution in [-0.4, -0.2) is 25.1 Å². The molecule has 7 nitrogen and oxygen atoms in total. The van der Waals surface area contributed by atoms with Gasteiger partial charge < -0.3 is 10.1 Å². The van der Waals surface area contributed by atoms with E-state index >= 15 is 0 Å². The number of carbonyl (C=O) groups excluding carboxylic acids is 3. The lowest BCUT2D eigenvalue weighted by Crippen LogP contribution is -2.22. The highest BCUT2D eigenvalue weighted by molar-refractivity contribution is 6.04. The van der Waals surface area contributed by atoms with Gasteiger partial charge in [-0.15, -0.1) is 0 Å². The molecule has 1 heterocycles. The molecule has 94 valence electrons. The topological polar surface area (TPSA) is 96.5 Å². The first-order valence-electron chi connectivity index (χ1n) is 5.16. The Hall–Kier alpha value is -2.57. The predicted molar refractivity (Wildman–Crippen MR) is 61.9 cm³/mol. The fourth-order valence-corrected chi connectivity index (χ4v) is 1.62. The van der Waals surface area contributed by atoms with Gasteiger partial charge in [0.15, 0.2) is 0 Å². The molecular formula is C11H11N3O4. The second-order valence-corrected chi connectivity index (χ2v) is 3.64. The fraction of sp³-hybridized carbons (Fsp3) is 0.182. The first-order chi connectivity index (χ1) is 8.60. The van der Waals surface area contributed by atoms with Crippen LogP contribution in [0.15, 0.2) is 24.3 Å². The number of ether oxygens (including phenoxy) is 1. The summed E-state index contributed by atoms with van der Waals surface area (Å²) in [5, 5.41) is 7.08. The Morgan fingerprint density at radius 1 is 1.39 bits per heavy atom. The number of amides is 4. The minimum Gasteiger partial charge on any atom is -0.453 e. The van der Waals surface area contributed by atoms with E-state index in [1.807, 2.05) is 0 Å². The lowest BCUT2D eigenvalue weighted by molar-refractivity contribution is -0.120. The smallest absolute Gasteiger partial charge is 0.411 e. The van der Waals surface area contributed by atoms with Gasteiger partial charge in [-0.2, -0.15) is 0 Å². The minimum atomic E-state index is -0.739. The summed E-state index contributed by atoms with van der Waals surface area (Å²) in [5.74, 6) is -0.421. The third-order valence-corrected chi connectivity index (χ3v) is 2.43. The molecule has 1 aliphatic heterocycles. The van der Waals surface area contributed by atoms with Gasteiger partial charge in [0.2, 0.25) is 0 Å². The molecule has 18 heavy (non-hydrogen) atoms. The molecule has 1 fully saturated rings. The quantitative estimate of drug-likeness (QED) is 0.673. The SMILES string of the molecule is COC(=O)Nc1cccc(C2NC(=O)NC2=O)c1. The van der Waals surface area contributed by atoms with Crippen LogP contribution >= 0.6 is 0 Å². The number of methoxy groups -OCH3 is 1. The van der Waals surface area contributed by atoms with E-state index in [9.17, 15) is 14.4 Å². The molecule has 1 atom stereocenters. The number of carbonyl (C=O) groups is 3. The van der Waals surface area contributed by atoms with Crippen molar-refractivity contribution in [3.05, 3.63) is 29.8 Å². The third kappa shape index (κ3) is 2.40. The van der Waals surface area contributed by atoms with E-state index < -0.39 is 24.1 Å². The lowest BCUT2D eigenvalue weighted by atomic mass is 10.1. The number of rotatable bonds is 2. The molecule has 0 spiro atoms. The number of nitrogens with one attached hydrogen (secondary N) is 3. The standard InChI is InChI=1S/C11H11N3O4/c1-18-11(17)12-7-4-2-3-6(5-7)8-9(15)14-10(16)13-8/h2-5,8H,1H3,(H,12,17)(H2,13,14,15,16). The monoisotopic (exact) mass is 249 g/mol. The van der Waals surface area contributed by atoms with E-state index in [0.29, 0.717) is 11.3 Å². The lowest BCUT2D eigenvalue weighted by Gasteiger charge is -2.10. The summed E-state index contributed by atoms with van der Waals surface area (Å²) in [4.78, 5) is 33.5. The number of hydrogen-bond acceptors (Lipinski definition) is 4. The molecule has 7 heteroatoms. The molecule has 4 amide bonds. The van der Waals surface area contributed by atoms with E-state index in [-0.39, 0.29) is 0 Å². The van der Waals surface area contributed by atoms with E-state index in [4.69, 9.17) is 0 Å². The maximum absolute atomic E-state index is 11.5. The molecule has 0 aromatic heterocycles. The van der Waals surface area contributed by atoms with Gasteiger partial charge in [-0.3, -0.25) is 15.4 Å². The second kappa shape index (κ2) is 4.74. The van der Waals surface area contributed by atoms with Gasteiger partial charge in [-0.05, 0) is 17.7 Å². The summed E-state index contributed by atoms with van der Waals surface area (Å²) >= 11 is 0. The van der Waals surface area contributed by atoms with E-state index in [0.717, 1.165) is 0 Å². The maximum atomic E-state index is 11.5. The molecule has 1 aromatic carbocycles. The maximum Gasteiger partial charge on any atom is 0.411 e. The van der Waals surface area contributed by atoms with Gasteiger partial charge >= 0.3 is 12.1 Å². The van der Waals surface area contributed by atoms with Crippen LogP contribution in [0.4, 0.5) is 15.3 Å².